The van der Waals surface area contributed by atoms with Gasteiger partial charge in [0.05, 0.1) is 12.2 Å². The number of hydrogen-bond donors (Lipinski definition) is 2. The van der Waals surface area contributed by atoms with E-state index in [-0.39, 0.29) is 24.1 Å². The van der Waals surface area contributed by atoms with Crippen molar-refractivity contribution < 1.29 is 14.3 Å². The van der Waals surface area contributed by atoms with Crippen LogP contribution >= 0.6 is 0 Å². The van der Waals surface area contributed by atoms with E-state index < -0.39 is 0 Å². The second-order valence-corrected chi connectivity index (χ2v) is 13.3. The third kappa shape index (κ3) is 6.89. The Kier molecular flexibility index (Phi) is 8.96. The van der Waals surface area contributed by atoms with Crippen molar-refractivity contribution in [3.8, 4) is 11.4 Å². The number of fused-ring (bicyclic) bond motifs is 2. The highest BCUT2D eigenvalue weighted by atomic mass is 16.5. The molecule has 2 N–H and O–H groups in total. The number of carbonyl (C=O) groups is 2. The first-order valence-electron chi connectivity index (χ1n) is 17.1. The minimum absolute atomic E-state index is 0.0239. The molecule has 4 aliphatic heterocycles. The van der Waals surface area contributed by atoms with E-state index in [0.717, 1.165) is 83.0 Å². The number of amides is 3. The number of likely N-dealkylation sites (N-methyl/N-ethyl adjacent to an activating group) is 1. The molecule has 0 spiro atoms. The molecule has 2 bridgehead atoms. The molecule has 0 aliphatic carbocycles. The van der Waals surface area contributed by atoms with E-state index in [1.54, 1.807) is 24.3 Å². The SMILES string of the molecule is CCN1CCN(C(=O)c2ccc(NC(=O)Nc3ccc(-c4nc(N5CC6CCC(C5)O6)nc(N5[C@H](C)CC[C@@H]5C)n4)cc3)cc2)CC1. The maximum atomic E-state index is 12.9. The van der Waals surface area contributed by atoms with Gasteiger partial charge in [0.2, 0.25) is 11.9 Å². The number of anilines is 4. The van der Waals surface area contributed by atoms with E-state index in [1.165, 1.54) is 0 Å². The zero-order valence-electron chi connectivity index (χ0n) is 27.6. The first-order valence-corrected chi connectivity index (χ1v) is 17.1. The van der Waals surface area contributed by atoms with Gasteiger partial charge in [-0.2, -0.15) is 15.0 Å². The number of nitrogens with one attached hydrogen (secondary N) is 2. The fourth-order valence-corrected chi connectivity index (χ4v) is 7.25. The molecule has 4 aliphatic rings. The molecule has 4 fully saturated rings. The molecule has 3 amide bonds. The maximum Gasteiger partial charge on any atom is 0.323 e. The van der Waals surface area contributed by atoms with Gasteiger partial charge in [0.1, 0.15) is 0 Å². The van der Waals surface area contributed by atoms with Gasteiger partial charge in [0.25, 0.3) is 5.91 Å². The van der Waals surface area contributed by atoms with E-state index in [1.807, 2.05) is 29.2 Å². The Morgan fingerprint density at radius 2 is 1.34 bits per heavy atom. The fraction of sp³-hybridized carbons (Fsp3) is 0.514. The number of piperazine rings is 1. The van der Waals surface area contributed by atoms with Gasteiger partial charge >= 0.3 is 6.03 Å². The molecule has 4 saturated heterocycles. The molecule has 2 aromatic carbocycles. The molecule has 7 rings (SSSR count). The minimum Gasteiger partial charge on any atom is -0.371 e. The van der Waals surface area contributed by atoms with Crippen LogP contribution in [0.15, 0.2) is 48.5 Å². The lowest BCUT2D eigenvalue weighted by Crippen LogP contribution is -2.48. The lowest BCUT2D eigenvalue weighted by molar-refractivity contribution is 0.0299. The second-order valence-electron chi connectivity index (χ2n) is 13.3. The van der Waals surface area contributed by atoms with Gasteiger partial charge in [-0.15, -0.1) is 0 Å². The highest BCUT2D eigenvalue weighted by Gasteiger charge is 2.36. The number of morpholine rings is 1. The van der Waals surface area contributed by atoms with Crippen LogP contribution in [-0.2, 0) is 4.74 Å². The van der Waals surface area contributed by atoms with E-state index in [9.17, 15) is 9.59 Å². The molecule has 47 heavy (non-hydrogen) atoms. The van der Waals surface area contributed by atoms with Crippen LogP contribution in [0.2, 0.25) is 0 Å². The van der Waals surface area contributed by atoms with Gasteiger partial charge in [-0.1, -0.05) is 6.92 Å². The lowest BCUT2D eigenvalue weighted by atomic mass is 10.1. The number of nitrogens with zero attached hydrogens (tertiary/aromatic N) is 7. The Morgan fingerprint density at radius 3 is 1.94 bits per heavy atom. The quantitative estimate of drug-likeness (QED) is 0.379. The summed E-state index contributed by atoms with van der Waals surface area (Å²) in [5, 5.41) is 5.76. The number of hydrogen-bond acceptors (Lipinski definition) is 9. The average Bonchev–Trinajstić information content (AvgIpc) is 3.62. The molecule has 2 unspecified atom stereocenters. The zero-order valence-corrected chi connectivity index (χ0v) is 27.6. The predicted octanol–water partition coefficient (Wildman–Crippen LogP) is 4.71. The summed E-state index contributed by atoms with van der Waals surface area (Å²) in [5.74, 6) is 2.06. The van der Waals surface area contributed by atoms with E-state index >= 15 is 0 Å². The summed E-state index contributed by atoms with van der Waals surface area (Å²) in [7, 11) is 0. The number of rotatable bonds is 7. The molecule has 4 atom stereocenters. The van der Waals surface area contributed by atoms with Crippen molar-refractivity contribution in [3.63, 3.8) is 0 Å². The molecule has 12 nitrogen and oxygen atoms in total. The maximum absolute atomic E-state index is 12.9. The Morgan fingerprint density at radius 1 is 0.766 bits per heavy atom. The molecule has 3 aromatic rings. The standard InChI is InChI=1S/C35H45N9O3/c1-4-41-17-19-42(20-18-41)32(45)26-9-13-28(14-10-26)37-35(46)36-27-11-7-25(8-12-27)31-38-33(43-21-29-15-16-30(22-43)47-29)40-34(39-31)44-23(2)5-6-24(44)3/h7-14,23-24,29-30H,4-6,15-22H2,1-3H3,(H2,36,37,46)/t23-,24+,29?,30?. The van der Waals surface area contributed by atoms with Gasteiger partial charge in [0, 0.05) is 73.9 Å². The average molecular weight is 640 g/mol. The summed E-state index contributed by atoms with van der Waals surface area (Å²) in [4.78, 5) is 49.5. The minimum atomic E-state index is -0.365. The third-order valence-corrected chi connectivity index (χ3v) is 10.0. The topological polar surface area (TPSA) is 119 Å². The van der Waals surface area contributed by atoms with Crippen LogP contribution in [-0.4, -0.2) is 107 Å². The summed E-state index contributed by atoms with van der Waals surface area (Å²) in [6.07, 6.45) is 4.84. The van der Waals surface area contributed by atoms with Crippen molar-refractivity contribution in [1.29, 1.82) is 0 Å². The first-order chi connectivity index (χ1) is 22.8. The summed E-state index contributed by atoms with van der Waals surface area (Å²) in [6, 6.07) is 15.0. The van der Waals surface area contributed by atoms with Crippen molar-refractivity contribution >= 4 is 35.2 Å². The van der Waals surface area contributed by atoms with Crippen molar-refractivity contribution in [3.05, 3.63) is 54.1 Å². The Labute approximate surface area is 276 Å². The highest BCUT2D eigenvalue weighted by molar-refractivity contribution is 6.00. The number of carbonyl (C=O) groups excluding carboxylic acids is 2. The van der Waals surface area contributed by atoms with Gasteiger partial charge in [-0.25, -0.2) is 4.79 Å². The Balaban J connectivity index is 1.01. The Bertz CT molecular complexity index is 1550. The molecule has 0 saturated carbocycles. The van der Waals surface area contributed by atoms with Gasteiger partial charge in [-0.3, -0.25) is 4.79 Å². The summed E-state index contributed by atoms with van der Waals surface area (Å²) in [5.41, 5.74) is 2.73. The third-order valence-electron chi connectivity index (χ3n) is 10.0. The van der Waals surface area contributed by atoms with Crippen LogP contribution in [0, 0.1) is 0 Å². The molecule has 248 valence electrons. The van der Waals surface area contributed by atoms with E-state index in [4.69, 9.17) is 19.7 Å². The smallest absolute Gasteiger partial charge is 0.323 e. The predicted molar refractivity (Wildman–Crippen MR) is 183 cm³/mol. The second kappa shape index (κ2) is 13.4. The van der Waals surface area contributed by atoms with Crippen LogP contribution in [0.1, 0.15) is 56.8 Å². The van der Waals surface area contributed by atoms with Gasteiger partial charge in [-0.05, 0) is 94.6 Å². The van der Waals surface area contributed by atoms with Crippen LogP contribution < -0.4 is 20.4 Å². The highest BCUT2D eigenvalue weighted by Crippen LogP contribution is 2.33. The number of aromatic nitrogens is 3. The van der Waals surface area contributed by atoms with Gasteiger partial charge < -0.3 is 35.0 Å². The van der Waals surface area contributed by atoms with Crippen LogP contribution in [0.5, 0.6) is 0 Å². The van der Waals surface area contributed by atoms with Gasteiger partial charge in [0.15, 0.2) is 5.82 Å². The summed E-state index contributed by atoms with van der Waals surface area (Å²) in [6.45, 7) is 12.4. The van der Waals surface area contributed by atoms with Crippen molar-refractivity contribution in [1.82, 2.24) is 24.8 Å². The number of urea groups is 1. The van der Waals surface area contributed by atoms with Crippen LogP contribution in [0.4, 0.5) is 28.1 Å². The molecule has 12 heteroatoms. The summed E-state index contributed by atoms with van der Waals surface area (Å²) >= 11 is 0. The molecule has 1 aromatic heterocycles. The molecule has 5 heterocycles. The van der Waals surface area contributed by atoms with E-state index in [0.29, 0.717) is 40.8 Å². The summed E-state index contributed by atoms with van der Waals surface area (Å²) < 4.78 is 6.07. The largest absolute Gasteiger partial charge is 0.371 e. The first kappa shape index (κ1) is 31.3. The monoisotopic (exact) mass is 639 g/mol. The van der Waals surface area contributed by atoms with Crippen LogP contribution in [0.3, 0.4) is 0 Å². The van der Waals surface area contributed by atoms with Crippen LogP contribution in [0.25, 0.3) is 11.4 Å². The number of benzene rings is 2. The van der Waals surface area contributed by atoms with E-state index in [2.05, 4.69) is 46.1 Å². The van der Waals surface area contributed by atoms with Crippen molar-refractivity contribution in [2.24, 2.45) is 0 Å². The normalized spacial score (nSPS) is 24.4. The van der Waals surface area contributed by atoms with Crippen molar-refractivity contribution in [2.75, 3.05) is 66.2 Å². The fourth-order valence-electron chi connectivity index (χ4n) is 7.25. The molecular formula is C35H45N9O3. The molecule has 0 radical (unpaired) electrons. The molecular weight excluding hydrogens is 594 g/mol. The zero-order chi connectivity index (χ0) is 32.5. The Hall–Kier alpha value is -4.29. The van der Waals surface area contributed by atoms with Crippen molar-refractivity contribution in [2.45, 2.75) is 70.7 Å². The number of ether oxygens (including phenoxy) is 1. The lowest BCUT2D eigenvalue weighted by Gasteiger charge is -2.34.